The van der Waals surface area contributed by atoms with Crippen LogP contribution in [0.1, 0.15) is 39.7 Å². The van der Waals surface area contributed by atoms with Gasteiger partial charge in [0.2, 0.25) is 0 Å². The molecule has 0 spiro atoms. The number of benzene rings is 1. The van der Waals surface area contributed by atoms with Crippen LogP contribution in [-0.4, -0.2) is 12.3 Å². The van der Waals surface area contributed by atoms with Crippen molar-refractivity contribution >= 4 is 11.8 Å². The van der Waals surface area contributed by atoms with Gasteiger partial charge in [0.15, 0.2) is 0 Å². The van der Waals surface area contributed by atoms with Crippen LogP contribution in [0.25, 0.3) is 0 Å². The summed E-state index contributed by atoms with van der Waals surface area (Å²) in [4.78, 5) is 1.44. The van der Waals surface area contributed by atoms with Crippen molar-refractivity contribution in [3.63, 3.8) is 0 Å². The molecule has 0 atom stereocenters. The number of nitrogens with one attached hydrogen (secondary N) is 1. The smallest absolute Gasteiger partial charge is 0.0216 e. The van der Waals surface area contributed by atoms with E-state index in [0.717, 1.165) is 19.0 Å². The van der Waals surface area contributed by atoms with Crippen LogP contribution in [0.5, 0.6) is 0 Å². The van der Waals surface area contributed by atoms with Gasteiger partial charge in [-0.05, 0) is 42.2 Å². The summed E-state index contributed by atoms with van der Waals surface area (Å²) in [5.74, 6) is 2.73. The SMILES string of the molecule is CC(C)CCSc1ccccc1CNCC(C)C. The topological polar surface area (TPSA) is 12.0 Å². The molecule has 0 fully saturated rings. The minimum absolute atomic E-state index is 0.714. The molecule has 0 aliphatic rings. The zero-order chi connectivity index (χ0) is 13.4. The van der Waals surface area contributed by atoms with E-state index >= 15 is 0 Å². The van der Waals surface area contributed by atoms with Crippen molar-refractivity contribution in [1.82, 2.24) is 5.32 Å². The molecule has 0 unspecified atom stereocenters. The van der Waals surface area contributed by atoms with Gasteiger partial charge in [-0.1, -0.05) is 45.9 Å². The van der Waals surface area contributed by atoms with Crippen LogP contribution in [0.15, 0.2) is 29.2 Å². The molecule has 0 radical (unpaired) electrons. The van der Waals surface area contributed by atoms with Crippen molar-refractivity contribution in [2.45, 2.75) is 45.6 Å². The third-order valence-corrected chi connectivity index (χ3v) is 3.94. The molecule has 1 N–H and O–H groups in total. The van der Waals surface area contributed by atoms with Gasteiger partial charge in [-0.15, -0.1) is 11.8 Å². The molecule has 1 nitrogen and oxygen atoms in total. The molecule has 1 rings (SSSR count). The van der Waals surface area contributed by atoms with Gasteiger partial charge in [0.05, 0.1) is 0 Å². The van der Waals surface area contributed by atoms with Crippen LogP contribution in [0.2, 0.25) is 0 Å². The monoisotopic (exact) mass is 265 g/mol. The third kappa shape index (κ3) is 6.46. The predicted molar refractivity (Wildman–Crippen MR) is 83.2 cm³/mol. The highest BCUT2D eigenvalue weighted by Gasteiger charge is 2.03. The minimum atomic E-state index is 0.714. The lowest BCUT2D eigenvalue weighted by Crippen LogP contribution is -2.19. The second-order valence-electron chi connectivity index (χ2n) is 5.66. The van der Waals surface area contributed by atoms with Crippen molar-refractivity contribution in [3.05, 3.63) is 29.8 Å². The molecule has 102 valence electrons. The fourth-order valence-electron chi connectivity index (χ4n) is 1.69. The normalized spacial score (nSPS) is 11.4. The van der Waals surface area contributed by atoms with E-state index in [0.29, 0.717) is 5.92 Å². The van der Waals surface area contributed by atoms with E-state index in [-0.39, 0.29) is 0 Å². The fraction of sp³-hybridized carbons (Fsp3) is 0.625. The van der Waals surface area contributed by atoms with Gasteiger partial charge >= 0.3 is 0 Å². The summed E-state index contributed by atoms with van der Waals surface area (Å²) >= 11 is 1.99. The first-order valence-corrected chi connectivity index (χ1v) is 7.99. The van der Waals surface area contributed by atoms with Crippen LogP contribution in [0, 0.1) is 11.8 Å². The summed E-state index contributed by atoms with van der Waals surface area (Å²) in [7, 11) is 0. The van der Waals surface area contributed by atoms with Crippen molar-refractivity contribution in [2.24, 2.45) is 11.8 Å². The summed E-state index contributed by atoms with van der Waals surface area (Å²) in [5, 5.41) is 3.53. The quantitative estimate of drug-likeness (QED) is 0.691. The first-order chi connectivity index (χ1) is 8.59. The Morgan fingerprint density at radius 2 is 1.78 bits per heavy atom. The molecule has 0 bridgehead atoms. The molecule has 2 heteroatoms. The minimum Gasteiger partial charge on any atom is -0.312 e. The molecule has 0 heterocycles. The highest BCUT2D eigenvalue weighted by molar-refractivity contribution is 7.99. The maximum absolute atomic E-state index is 3.53. The molecule has 0 saturated heterocycles. The zero-order valence-electron chi connectivity index (χ0n) is 12.2. The fourth-order valence-corrected chi connectivity index (χ4v) is 3.00. The Morgan fingerprint density at radius 1 is 1.06 bits per heavy atom. The van der Waals surface area contributed by atoms with E-state index in [1.54, 1.807) is 0 Å². The van der Waals surface area contributed by atoms with Crippen LogP contribution >= 0.6 is 11.8 Å². The van der Waals surface area contributed by atoms with Gasteiger partial charge in [0.25, 0.3) is 0 Å². The van der Waals surface area contributed by atoms with E-state index in [4.69, 9.17) is 0 Å². The summed E-state index contributed by atoms with van der Waals surface area (Å²) in [6, 6.07) is 8.77. The largest absolute Gasteiger partial charge is 0.312 e. The molecular weight excluding hydrogens is 238 g/mol. The highest BCUT2D eigenvalue weighted by Crippen LogP contribution is 2.24. The molecule has 0 aromatic heterocycles. The Balaban J connectivity index is 2.45. The van der Waals surface area contributed by atoms with E-state index in [1.807, 2.05) is 11.8 Å². The average Bonchev–Trinajstić information content (AvgIpc) is 2.30. The number of thioether (sulfide) groups is 1. The Bertz CT molecular complexity index is 301. The Hall–Kier alpha value is -0.470. The third-order valence-electron chi connectivity index (χ3n) is 2.79. The number of hydrogen-bond acceptors (Lipinski definition) is 2. The van der Waals surface area contributed by atoms with E-state index in [9.17, 15) is 0 Å². The first kappa shape index (κ1) is 15.6. The van der Waals surface area contributed by atoms with Gasteiger partial charge in [-0.25, -0.2) is 0 Å². The predicted octanol–water partition coefficient (Wildman–Crippen LogP) is 4.57. The maximum Gasteiger partial charge on any atom is 0.0216 e. The van der Waals surface area contributed by atoms with Crippen LogP contribution in [0.3, 0.4) is 0 Å². The molecule has 18 heavy (non-hydrogen) atoms. The summed E-state index contributed by atoms with van der Waals surface area (Å²) in [6.45, 7) is 11.1. The average molecular weight is 265 g/mol. The van der Waals surface area contributed by atoms with E-state index in [1.165, 1.54) is 22.6 Å². The lowest BCUT2D eigenvalue weighted by Gasteiger charge is -2.12. The van der Waals surface area contributed by atoms with Gasteiger partial charge < -0.3 is 5.32 Å². The van der Waals surface area contributed by atoms with Gasteiger partial charge in [-0.2, -0.15) is 0 Å². The molecule has 0 aliphatic heterocycles. The maximum atomic E-state index is 3.53. The first-order valence-electron chi connectivity index (χ1n) is 7.01. The van der Waals surface area contributed by atoms with Crippen molar-refractivity contribution < 1.29 is 0 Å². The van der Waals surface area contributed by atoms with Gasteiger partial charge in [-0.3, -0.25) is 0 Å². The van der Waals surface area contributed by atoms with Crippen molar-refractivity contribution in [3.8, 4) is 0 Å². The summed E-state index contributed by atoms with van der Waals surface area (Å²) in [6.07, 6.45) is 1.29. The molecular formula is C16H27NS. The van der Waals surface area contributed by atoms with Crippen LogP contribution in [0.4, 0.5) is 0 Å². The standard InChI is InChI=1S/C16H27NS/c1-13(2)9-10-18-16-8-6-5-7-15(16)12-17-11-14(3)4/h5-8,13-14,17H,9-12H2,1-4H3. The van der Waals surface area contributed by atoms with Crippen molar-refractivity contribution in [2.75, 3.05) is 12.3 Å². The van der Waals surface area contributed by atoms with E-state index < -0.39 is 0 Å². The number of rotatable bonds is 8. The highest BCUT2D eigenvalue weighted by atomic mass is 32.2. The molecule has 0 saturated carbocycles. The molecule has 1 aromatic carbocycles. The Kier molecular flexibility index (Phi) is 7.45. The molecule has 0 aliphatic carbocycles. The van der Waals surface area contributed by atoms with E-state index in [2.05, 4.69) is 57.3 Å². The van der Waals surface area contributed by atoms with Crippen LogP contribution < -0.4 is 5.32 Å². The van der Waals surface area contributed by atoms with Gasteiger partial charge in [0.1, 0.15) is 0 Å². The van der Waals surface area contributed by atoms with Crippen molar-refractivity contribution in [1.29, 1.82) is 0 Å². The Morgan fingerprint density at radius 3 is 2.44 bits per heavy atom. The lowest BCUT2D eigenvalue weighted by atomic mass is 10.2. The number of hydrogen-bond donors (Lipinski definition) is 1. The zero-order valence-corrected chi connectivity index (χ0v) is 13.0. The van der Waals surface area contributed by atoms with Gasteiger partial charge in [0, 0.05) is 11.4 Å². The lowest BCUT2D eigenvalue weighted by molar-refractivity contribution is 0.550. The Labute approximate surface area is 117 Å². The second-order valence-corrected chi connectivity index (χ2v) is 6.80. The second kappa shape index (κ2) is 8.60. The van der Waals surface area contributed by atoms with Crippen LogP contribution in [-0.2, 0) is 6.54 Å². The summed E-state index contributed by atoms with van der Waals surface area (Å²) in [5.41, 5.74) is 1.44. The molecule has 0 amide bonds. The summed E-state index contributed by atoms with van der Waals surface area (Å²) < 4.78 is 0. The molecule has 1 aromatic rings.